The normalized spacial score (nSPS) is 14.7. The number of benzene rings is 2. The van der Waals surface area contributed by atoms with Gasteiger partial charge in [-0.3, -0.25) is 0 Å². The van der Waals surface area contributed by atoms with E-state index in [0.717, 1.165) is 39.0 Å². The number of rotatable bonds is 12. The van der Waals surface area contributed by atoms with Crippen LogP contribution in [-0.2, 0) is 10.0 Å². The van der Waals surface area contributed by atoms with Crippen molar-refractivity contribution >= 4 is 33.2 Å². The third-order valence-electron chi connectivity index (χ3n) is 6.74. The minimum absolute atomic E-state index is 0.0145. The predicted octanol–water partition coefficient (Wildman–Crippen LogP) is 4.19. The summed E-state index contributed by atoms with van der Waals surface area (Å²) in [5.41, 5.74) is 1.37. The Morgan fingerprint density at radius 2 is 1.55 bits per heavy atom. The lowest BCUT2D eigenvalue weighted by molar-refractivity contribution is 0.219. The number of sulfonamides is 1. The Labute approximate surface area is 224 Å². The van der Waals surface area contributed by atoms with Crippen LogP contribution in [-0.4, -0.2) is 72.9 Å². The molecule has 1 aromatic heterocycles. The second-order valence-corrected chi connectivity index (χ2v) is 11.1. The van der Waals surface area contributed by atoms with Crippen LogP contribution in [0.5, 0.6) is 0 Å². The zero-order chi connectivity index (χ0) is 27.0. The second kappa shape index (κ2) is 13.1. The fraction of sp³-hybridized carbons (Fsp3) is 0.407. The first-order valence-electron chi connectivity index (χ1n) is 13.1. The van der Waals surface area contributed by atoms with Crippen molar-refractivity contribution in [2.75, 3.05) is 49.9 Å². The first kappa shape index (κ1) is 27.9. The van der Waals surface area contributed by atoms with Crippen LogP contribution in [0.15, 0.2) is 65.7 Å². The number of piperidine rings is 1. The van der Waals surface area contributed by atoms with Gasteiger partial charge in [-0.25, -0.2) is 17.8 Å². The molecule has 0 spiro atoms. The molecule has 0 radical (unpaired) electrons. The number of hydrogen-bond acceptors (Lipinski definition) is 8. The van der Waals surface area contributed by atoms with Crippen LogP contribution in [0, 0.1) is 5.82 Å². The summed E-state index contributed by atoms with van der Waals surface area (Å²) < 4.78 is 42.3. The molecule has 0 saturated carbocycles. The third-order valence-corrected chi connectivity index (χ3v) is 8.70. The van der Waals surface area contributed by atoms with Crippen molar-refractivity contribution in [3.05, 3.63) is 66.6 Å². The molecule has 0 aliphatic carbocycles. The van der Waals surface area contributed by atoms with Gasteiger partial charge in [-0.05, 0) is 93.6 Å². The maximum atomic E-state index is 13.7. The van der Waals surface area contributed by atoms with Gasteiger partial charge in [0.25, 0.3) is 0 Å². The largest absolute Gasteiger partial charge is 0.340 e. The highest BCUT2D eigenvalue weighted by atomic mass is 32.2. The molecule has 3 N–H and O–H groups in total. The maximum Gasteiger partial charge on any atom is 0.243 e. The number of nitrogens with one attached hydrogen (secondary N) is 3. The van der Waals surface area contributed by atoms with E-state index in [-0.39, 0.29) is 16.8 Å². The first-order valence-corrected chi connectivity index (χ1v) is 14.5. The fourth-order valence-electron chi connectivity index (χ4n) is 4.52. The van der Waals surface area contributed by atoms with Gasteiger partial charge in [0, 0.05) is 36.7 Å². The van der Waals surface area contributed by atoms with Crippen LogP contribution >= 0.6 is 0 Å². The van der Waals surface area contributed by atoms with Gasteiger partial charge in [-0.1, -0.05) is 13.8 Å². The van der Waals surface area contributed by atoms with Crippen molar-refractivity contribution in [3.8, 4) is 0 Å². The molecule has 4 rings (SSSR count). The van der Waals surface area contributed by atoms with Crippen LogP contribution in [0.4, 0.5) is 27.5 Å². The number of hydrogen-bond donors (Lipinski definition) is 3. The van der Waals surface area contributed by atoms with E-state index in [9.17, 15) is 12.8 Å². The second-order valence-electron chi connectivity index (χ2n) is 9.17. The molecule has 1 fully saturated rings. The van der Waals surface area contributed by atoms with Gasteiger partial charge < -0.3 is 20.9 Å². The summed E-state index contributed by atoms with van der Waals surface area (Å²) in [6.45, 7) is 8.78. The Balaban J connectivity index is 1.47. The Morgan fingerprint density at radius 1 is 0.921 bits per heavy atom. The van der Waals surface area contributed by atoms with Crippen molar-refractivity contribution < 1.29 is 12.8 Å². The molecule has 0 atom stereocenters. The van der Waals surface area contributed by atoms with E-state index in [2.05, 4.69) is 44.7 Å². The summed E-state index contributed by atoms with van der Waals surface area (Å²) >= 11 is 0. The molecule has 38 heavy (non-hydrogen) atoms. The zero-order valence-electron chi connectivity index (χ0n) is 21.9. The summed E-state index contributed by atoms with van der Waals surface area (Å²) in [6.07, 6.45) is 3.21. The monoisotopic (exact) mass is 541 g/mol. The van der Waals surface area contributed by atoms with E-state index >= 15 is 0 Å². The molecule has 11 heteroatoms. The Bertz CT molecular complexity index is 1260. The molecule has 1 saturated heterocycles. The van der Waals surface area contributed by atoms with Crippen molar-refractivity contribution in [2.45, 2.75) is 37.6 Å². The maximum absolute atomic E-state index is 13.7. The summed E-state index contributed by atoms with van der Waals surface area (Å²) in [5, 5.41) is 9.55. The minimum Gasteiger partial charge on any atom is -0.340 e. The number of aromatic nitrogens is 2. The summed E-state index contributed by atoms with van der Waals surface area (Å²) in [5.74, 6) is 0.580. The highest BCUT2D eigenvalue weighted by molar-refractivity contribution is 7.89. The van der Waals surface area contributed by atoms with E-state index in [1.54, 1.807) is 53.0 Å². The smallest absolute Gasteiger partial charge is 0.243 e. The molecular formula is C27H36FN7O2S. The summed E-state index contributed by atoms with van der Waals surface area (Å²) in [4.78, 5) is 11.2. The van der Waals surface area contributed by atoms with Gasteiger partial charge >= 0.3 is 0 Å². The minimum atomic E-state index is -3.66. The van der Waals surface area contributed by atoms with Crippen molar-refractivity contribution in [2.24, 2.45) is 0 Å². The van der Waals surface area contributed by atoms with Gasteiger partial charge in [0.1, 0.15) is 11.6 Å². The van der Waals surface area contributed by atoms with Gasteiger partial charge in [0.15, 0.2) is 0 Å². The van der Waals surface area contributed by atoms with E-state index in [1.807, 2.05) is 0 Å². The quantitative estimate of drug-likeness (QED) is 0.314. The SMILES string of the molecule is CCN(CC)CCN(C1CCNCC1)S(=O)(=O)c1ccc(Nc2nccc(Nc3ccc(F)cc3)n2)cc1. The number of nitrogens with zero attached hydrogens (tertiary/aromatic N) is 4. The average Bonchev–Trinajstić information content (AvgIpc) is 2.93. The van der Waals surface area contributed by atoms with Crippen molar-refractivity contribution in [3.63, 3.8) is 0 Å². The molecule has 0 bridgehead atoms. The van der Waals surface area contributed by atoms with E-state index in [0.29, 0.717) is 36.2 Å². The van der Waals surface area contributed by atoms with Gasteiger partial charge in [-0.15, -0.1) is 0 Å². The molecule has 0 amide bonds. The Hall–Kier alpha value is -3.12. The standard InChI is InChI=1S/C27H36FN7O2S/c1-3-34(4-2)19-20-35(24-13-16-29-17-14-24)38(36,37)25-11-9-23(10-12-25)32-27-30-18-15-26(33-27)31-22-7-5-21(28)6-8-22/h5-12,15,18,24,29H,3-4,13-14,16-17,19-20H2,1-2H3,(H2,30,31,32,33). The van der Waals surface area contributed by atoms with E-state index < -0.39 is 10.0 Å². The first-order chi connectivity index (χ1) is 18.4. The molecule has 0 unspecified atom stereocenters. The Morgan fingerprint density at radius 3 is 2.21 bits per heavy atom. The van der Waals surface area contributed by atoms with Crippen LogP contribution in [0.1, 0.15) is 26.7 Å². The van der Waals surface area contributed by atoms with Crippen LogP contribution in [0.25, 0.3) is 0 Å². The van der Waals surface area contributed by atoms with Crippen molar-refractivity contribution in [1.82, 2.24) is 24.5 Å². The highest BCUT2D eigenvalue weighted by Gasteiger charge is 2.32. The van der Waals surface area contributed by atoms with E-state index in [4.69, 9.17) is 0 Å². The van der Waals surface area contributed by atoms with Gasteiger partial charge in [-0.2, -0.15) is 9.29 Å². The lowest BCUT2D eigenvalue weighted by Gasteiger charge is -2.35. The number of halogens is 1. The number of likely N-dealkylation sites (N-methyl/N-ethyl adjacent to an activating group) is 1. The van der Waals surface area contributed by atoms with Crippen LogP contribution < -0.4 is 16.0 Å². The highest BCUT2D eigenvalue weighted by Crippen LogP contribution is 2.25. The molecule has 2 heterocycles. The molecule has 1 aliphatic heterocycles. The Kier molecular flexibility index (Phi) is 9.62. The molecule has 1 aliphatic rings. The van der Waals surface area contributed by atoms with E-state index in [1.165, 1.54) is 12.1 Å². The lowest BCUT2D eigenvalue weighted by Crippen LogP contribution is -2.48. The summed E-state index contributed by atoms with van der Waals surface area (Å²) in [6, 6.07) is 14.4. The third kappa shape index (κ3) is 7.25. The number of anilines is 4. The predicted molar refractivity (Wildman–Crippen MR) is 149 cm³/mol. The van der Waals surface area contributed by atoms with Gasteiger partial charge in [0.2, 0.25) is 16.0 Å². The fourth-order valence-corrected chi connectivity index (χ4v) is 6.19. The topological polar surface area (TPSA) is 102 Å². The molecule has 9 nitrogen and oxygen atoms in total. The molecular weight excluding hydrogens is 505 g/mol. The molecule has 2 aromatic carbocycles. The molecule has 204 valence electrons. The van der Waals surface area contributed by atoms with Crippen LogP contribution in [0.2, 0.25) is 0 Å². The van der Waals surface area contributed by atoms with Gasteiger partial charge in [0.05, 0.1) is 4.90 Å². The van der Waals surface area contributed by atoms with Crippen molar-refractivity contribution in [1.29, 1.82) is 0 Å². The lowest BCUT2D eigenvalue weighted by atomic mass is 10.1. The summed E-state index contributed by atoms with van der Waals surface area (Å²) in [7, 11) is -3.66. The zero-order valence-corrected chi connectivity index (χ0v) is 22.7. The van der Waals surface area contributed by atoms with Crippen LogP contribution in [0.3, 0.4) is 0 Å². The average molecular weight is 542 g/mol. The molecule has 3 aromatic rings.